The summed E-state index contributed by atoms with van der Waals surface area (Å²) >= 11 is 0. The largest absolute Gasteiger partial charge is 0.469 e. The Balaban J connectivity index is -0.0000000510. The number of methoxy groups -OCH3 is 1. The van der Waals surface area contributed by atoms with Gasteiger partial charge in [0, 0.05) is 6.92 Å². The van der Waals surface area contributed by atoms with Crippen molar-refractivity contribution in [2.75, 3.05) is 7.11 Å². The summed E-state index contributed by atoms with van der Waals surface area (Å²) in [5.41, 5.74) is 0. The molecule has 0 spiro atoms. The fraction of sp³-hybridized carbons (Fsp3) is 0.750. The maximum atomic E-state index is 9.59. The van der Waals surface area contributed by atoms with Crippen LogP contribution in [0.3, 0.4) is 0 Å². The molecule has 0 unspecified atom stereocenters. The predicted octanol–water partition coefficient (Wildman–Crippen LogP) is 3.63. The lowest BCUT2D eigenvalue weighted by molar-refractivity contribution is -0.138. The third-order valence-corrected chi connectivity index (χ3v) is 0.287. The van der Waals surface area contributed by atoms with Crippen LogP contribution in [0.15, 0.2) is 0 Å². The van der Waals surface area contributed by atoms with E-state index in [1.807, 2.05) is 0 Å². The van der Waals surface area contributed by atoms with Crippen molar-refractivity contribution in [1.29, 1.82) is 0 Å². The maximum Gasteiger partial charge on any atom is 0.302 e. The molecule has 0 aliphatic heterocycles. The van der Waals surface area contributed by atoms with Crippen molar-refractivity contribution in [1.82, 2.24) is 0 Å². The molecule has 0 aromatic rings. The van der Waals surface area contributed by atoms with Gasteiger partial charge in [-0.2, -0.15) is 0 Å². The SMILES string of the molecule is CC(C)=O.CC(C)=O.CC(C)=O.CC(C)C.COC(C)=O. The van der Waals surface area contributed by atoms with Crippen LogP contribution in [-0.2, 0) is 23.9 Å². The van der Waals surface area contributed by atoms with Gasteiger partial charge >= 0.3 is 5.97 Å². The van der Waals surface area contributed by atoms with Crippen LogP contribution in [0.25, 0.3) is 0 Å². The summed E-state index contributed by atoms with van der Waals surface area (Å²) in [7, 11) is 1.35. The lowest BCUT2D eigenvalue weighted by Gasteiger charge is -1.80. The maximum absolute atomic E-state index is 9.59. The van der Waals surface area contributed by atoms with Gasteiger partial charge in [-0.3, -0.25) is 4.79 Å². The number of Topliss-reactive ketones (excluding diaryl/α,β-unsaturated/α-hetero) is 3. The minimum absolute atomic E-state index is 0.167. The van der Waals surface area contributed by atoms with Crippen molar-refractivity contribution in [3.63, 3.8) is 0 Å². The van der Waals surface area contributed by atoms with E-state index in [2.05, 4.69) is 25.5 Å². The predicted molar refractivity (Wildman–Crippen MR) is 87.3 cm³/mol. The lowest BCUT2D eigenvalue weighted by atomic mass is 10.3. The van der Waals surface area contributed by atoms with Gasteiger partial charge in [0.2, 0.25) is 0 Å². The van der Waals surface area contributed by atoms with Crippen molar-refractivity contribution in [3.05, 3.63) is 0 Å². The zero-order chi connectivity index (χ0) is 18.6. The Bertz CT molecular complexity index is 225. The Morgan fingerprint density at radius 2 is 0.667 bits per heavy atom. The quantitative estimate of drug-likeness (QED) is 0.639. The van der Waals surface area contributed by atoms with E-state index in [0.29, 0.717) is 0 Å². The smallest absolute Gasteiger partial charge is 0.302 e. The summed E-state index contributed by atoms with van der Waals surface area (Å²) in [4.78, 5) is 37.9. The van der Waals surface area contributed by atoms with Crippen molar-refractivity contribution in [2.45, 2.75) is 69.2 Å². The molecule has 0 saturated carbocycles. The third-order valence-electron chi connectivity index (χ3n) is 0.287. The van der Waals surface area contributed by atoms with E-state index in [9.17, 15) is 19.2 Å². The van der Waals surface area contributed by atoms with Crippen LogP contribution in [0.5, 0.6) is 0 Å². The van der Waals surface area contributed by atoms with E-state index in [4.69, 9.17) is 0 Å². The van der Waals surface area contributed by atoms with Crippen LogP contribution < -0.4 is 0 Å². The van der Waals surface area contributed by atoms with Crippen LogP contribution in [0.2, 0.25) is 0 Å². The highest BCUT2D eigenvalue weighted by atomic mass is 16.5. The van der Waals surface area contributed by atoms with E-state index in [1.165, 1.54) is 55.6 Å². The highest BCUT2D eigenvalue weighted by Crippen LogP contribution is 1.81. The monoisotopic (exact) mass is 306 g/mol. The summed E-state index contributed by atoms with van der Waals surface area (Å²) < 4.78 is 4.11. The molecule has 0 fully saturated rings. The van der Waals surface area contributed by atoms with Gasteiger partial charge in [-0.25, -0.2) is 0 Å². The molecule has 5 nitrogen and oxygen atoms in total. The fourth-order valence-corrected chi connectivity index (χ4v) is 0. The molecule has 0 aromatic heterocycles. The number of rotatable bonds is 0. The standard InChI is InChI=1S/C4H10.C3H6O2.3C3H6O/c1-4(2)3;1-3(4)5-2;3*1-3(2)4/h4H,1-3H3;1-2H3;3*1-2H3. The van der Waals surface area contributed by atoms with Gasteiger partial charge < -0.3 is 19.1 Å². The summed E-state index contributed by atoms with van der Waals surface area (Å²) in [6, 6.07) is 0. The molecule has 0 aliphatic rings. The first-order chi connectivity index (χ1) is 9.20. The van der Waals surface area contributed by atoms with Gasteiger partial charge in [0.15, 0.2) is 0 Å². The average Bonchev–Trinajstić information content (AvgIpc) is 2.13. The molecule has 0 atom stereocenters. The lowest BCUT2D eigenvalue weighted by Crippen LogP contribution is -1.88. The molecule has 0 radical (unpaired) electrons. The first-order valence-electron chi connectivity index (χ1n) is 6.66. The van der Waals surface area contributed by atoms with Crippen LogP contribution in [-0.4, -0.2) is 30.4 Å². The number of carbonyl (C=O) groups excluding carboxylic acids is 4. The number of carbonyl (C=O) groups is 4. The molecule has 21 heavy (non-hydrogen) atoms. The molecule has 0 amide bonds. The molecular formula is C16H34O5. The topological polar surface area (TPSA) is 77.5 Å². The van der Waals surface area contributed by atoms with E-state index in [-0.39, 0.29) is 23.3 Å². The van der Waals surface area contributed by atoms with Crippen LogP contribution >= 0.6 is 0 Å². The van der Waals surface area contributed by atoms with Crippen LogP contribution in [0, 0.1) is 5.92 Å². The van der Waals surface area contributed by atoms with Gasteiger partial charge in [0.25, 0.3) is 0 Å². The van der Waals surface area contributed by atoms with Crippen molar-refractivity contribution >= 4 is 23.3 Å². The third kappa shape index (κ3) is 21800. The van der Waals surface area contributed by atoms with Crippen LogP contribution in [0.1, 0.15) is 69.2 Å². The van der Waals surface area contributed by atoms with E-state index in [1.54, 1.807) is 0 Å². The minimum Gasteiger partial charge on any atom is -0.469 e. The average molecular weight is 306 g/mol. The Kier molecular flexibility index (Phi) is 40.7. The van der Waals surface area contributed by atoms with Gasteiger partial charge in [0.05, 0.1) is 7.11 Å². The number of hydrogen-bond donors (Lipinski definition) is 0. The number of esters is 1. The van der Waals surface area contributed by atoms with Crippen LogP contribution in [0.4, 0.5) is 0 Å². The minimum atomic E-state index is -0.245. The normalized spacial score (nSPS) is 7.05. The molecule has 0 heterocycles. The van der Waals surface area contributed by atoms with Crippen molar-refractivity contribution < 1.29 is 23.9 Å². The second-order valence-corrected chi connectivity index (χ2v) is 5.15. The Morgan fingerprint density at radius 3 is 0.667 bits per heavy atom. The summed E-state index contributed by atoms with van der Waals surface area (Å²) in [5, 5.41) is 0. The molecule has 0 N–H and O–H groups in total. The van der Waals surface area contributed by atoms with Gasteiger partial charge in [0.1, 0.15) is 17.3 Å². The fourth-order valence-electron chi connectivity index (χ4n) is 0. The van der Waals surface area contributed by atoms with Gasteiger partial charge in [-0.1, -0.05) is 20.8 Å². The molecule has 5 heteroatoms. The van der Waals surface area contributed by atoms with E-state index in [0.717, 1.165) is 5.92 Å². The van der Waals surface area contributed by atoms with Crippen molar-refractivity contribution in [3.8, 4) is 0 Å². The van der Waals surface area contributed by atoms with E-state index < -0.39 is 0 Å². The summed E-state index contributed by atoms with van der Waals surface area (Å²) in [6.07, 6.45) is 0. The number of ether oxygens (including phenoxy) is 1. The Labute approximate surface area is 130 Å². The molecular weight excluding hydrogens is 272 g/mol. The van der Waals surface area contributed by atoms with Gasteiger partial charge in [-0.15, -0.1) is 0 Å². The Morgan fingerprint density at radius 1 is 0.619 bits per heavy atom. The molecule has 0 rings (SSSR count). The van der Waals surface area contributed by atoms with Gasteiger partial charge in [-0.05, 0) is 47.5 Å². The summed E-state index contributed by atoms with van der Waals surface area (Å²) in [6.45, 7) is 17.0. The second-order valence-electron chi connectivity index (χ2n) is 5.15. The molecule has 0 aliphatic carbocycles. The first kappa shape index (κ1) is 31.7. The zero-order valence-electron chi connectivity index (χ0n) is 15.6. The molecule has 0 saturated heterocycles. The van der Waals surface area contributed by atoms with Crippen molar-refractivity contribution in [2.24, 2.45) is 5.92 Å². The molecule has 128 valence electrons. The second kappa shape index (κ2) is 26.9. The molecule has 0 bridgehead atoms. The number of hydrogen-bond acceptors (Lipinski definition) is 5. The number of ketones is 3. The summed E-state index contributed by atoms with van der Waals surface area (Å²) in [5.74, 6) is 1.09. The highest BCUT2D eigenvalue weighted by molar-refractivity contribution is 5.72. The molecule has 0 aromatic carbocycles. The Hall–Kier alpha value is -1.52. The zero-order valence-corrected chi connectivity index (χ0v) is 15.6. The highest BCUT2D eigenvalue weighted by Gasteiger charge is 1.75. The first-order valence-corrected chi connectivity index (χ1v) is 6.66. The van der Waals surface area contributed by atoms with E-state index >= 15 is 0 Å².